The van der Waals surface area contributed by atoms with Crippen LogP contribution in [0, 0.1) is 6.92 Å². The molecular weight excluding hydrogens is 466 g/mol. The van der Waals surface area contributed by atoms with Crippen molar-refractivity contribution in [3.05, 3.63) is 75.4 Å². The van der Waals surface area contributed by atoms with E-state index in [1.54, 1.807) is 11.3 Å². The number of aromatic nitrogens is 1. The van der Waals surface area contributed by atoms with Crippen LogP contribution >= 0.6 is 22.9 Å². The van der Waals surface area contributed by atoms with E-state index >= 15 is 0 Å². The van der Waals surface area contributed by atoms with Crippen LogP contribution in [0.2, 0.25) is 5.02 Å². The number of nitrogens with one attached hydrogen (secondary N) is 1. The molecule has 3 aromatic rings. The Morgan fingerprint density at radius 2 is 1.94 bits per heavy atom. The van der Waals surface area contributed by atoms with Crippen molar-refractivity contribution in [2.24, 2.45) is 0 Å². The normalized spacial score (nSPS) is 18.1. The number of aryl methyl sites for hydroxylation is 1. The SMILES string of the molecule is Cc1cccc(C(=O)NCC2CCCCN2C(=O)c2nc(C3CC3)sc2-c2cccc(Cl)c2)c1. The van der Waals surface area contributed by atoms with Crippen LogP contribution in [0.1, 0.15) is 69.4 Å². The van der Waals surface area contributed by atoms with Gasteiger partial charge in [0.2, 0.25) is 0 Å². The second-order valence-corrected chi connectivity index (χ2v) is 10.7. The van der Waals surface area contributed by atoms with Gasteiger partial charge in [-0.1, -0.05) is 41.4 Å². The molecule has 1 saturated heterocycles. The number of amides is 2. The van der Waals surface area contributed by atoms with Crippen molar-refractivity contribution in [2.45, 2.75) is 51.0 Å². The fourth-order valence-corrected chi connectivity index (χ4v) is 5.94. The number of likely N-dealkylation sites (tertiary alicyclic amines) is 1. The third-order valence-electron chi connectivity index (χ3n) is 6.53. The fraction of sp³-hybridized carbons (Fsp3) is 0.370. The van der Waals surface area contributed by atoms with Crippen LogP contribution in [0.15, 0.2) is 48.5 Å². The molecule has 1 aromatic heterocycles. The van der Waals surface area contributed by atoms with Gasteiger partial charge >= 0.3 is 0 Å². The quantitative estimate of drug-likeness (QED) is 0.453. The van der Waals surface area contributed by atoms with Crippen molar-refractivity contribution in [3.63, 3.8) is 0 Å². The highest BCUT2D eigenvalue weighted by molar-refractivity contribution is 7.15. The van der Waals surface area contributed by atoms with Gasteiger partial charge in [0.1, 0.15) is 5.69 Å². The fourth-order valence-electron chi connectivity index (χ4n) is 4.53. The molecule has 2 amide bonds. The predicted octanol–water partition coefficient (Wildman–Crippen LogP) is 6.07. The van der Waals surface area contributed by atoms with E-state index in [-0.39, 0.29) is 17.9 Å². The lowest BCUT2D eigenvalue weighted by atomic mass is 10.0. The molecule has 5 rings (SSSR count). The maximum Gasteiger partial charge on any atom is 0.274 e. The van der Waals surface area contributed by atoms with Crippen molar-refractivity contribution in [2.75, 3.05) is 13.1 Å². The monoisotopic (exact) mass is 493 g/mol. The van der Waals surface area contributed by atoms with Crippen molar-refractivity contribution in [1.82, 2.24) is 15.2 Å². The van der Waals surface area contributed by atoms with Crippen molar-refractivity contribution < 1.29 is 9.59 Å². The Balaban J connectivity index is 1.37. The van der Waals surface area contributed by atoms with Gasteiger partial charge in [-0.2, -0.15) is 0 Å². The van der Waals surface area contributed by atoms with Gasteiger partial charge in [0.05, 0.1) is 9.88 Å². The average Bonchev–Trinajstić information content (AvgIpc) is 3.60. The molecule has 1 saturated carbocycles. The molecule has 1 aliphatic heterocycles. The van der Waals surface area contributed by atoms with Gasteiger partial charge < -0.3 is 10.2 Å². The highest BCUT2D eigenvalue weighted by Gasteiger charge is 2.34. The van der Waals surface area contributed by atoms with E-state index in [9.17, 15) is 9.59 Å². The van der Waals surface area contributed by atoms with Crippen LogP contribution in [-0.2, 0) is 0 Å². The Bertz CT molecular complexity index is 1220. The van der Waals surface area contributed by atoms with Gasteiger partial charge in [0.25, 0.3) is 11.8 Å². The topological polar surface area (TPSA) is 62.3 Å². The molecule has 1 N–H and O–H groups in total. The van der Waals surface area contributed by atoms with Crippen molar-refractivity contribution in [1.29, 1.82) is 0 Å². The first-order chi connectivity index (χ1) is 16.5. The number of halogens is 1. The minimum atomic E-state index is -0.106. The molecule has 0 radical (unpaired) electrons. The zero-order valence-corrected chi connectivity index (χ0v) is 20.8. The van der Waals surface area contributed by atoms with Crippen LogP contribution in [0.25, 0.3) is 10.4 Å². The Hall–Kier alpha value is -2.70. The number of carbonyl (C=O) groups excluding carboxylic acids is 2. The molecule has 1 unspecified atom stereocenters. The number of piperidine rings is 1. The molecule has 2 aliphatic rings. The highest BCUT2D eigenvalue weighted by Crippen LogP contribution is 2.45. The third-order valence-corrected chi connectivity index (χ3v) is 8.03. The minimum absolute atomic E-state index is 0.0479. The summed E-state index contributed by atoms with van der Waals surface area (Å²) in [7, 11) is 0. The van der Waals surface area contributed by atoms with Crippen LogP contribution < -0.4 is 5.32 Å². The van der Waals surface area contributed by atoms with E-state index in [4.69, 9.17) is 16.6 Å². The lowest BCUT2D eigenvalue weighted by molar-refractivity contribution is 0.0598. The molecule has 2 aromatic carbocycles. The van der Waals surface area contributed by atoms with Crippen molar-refractivity contribution in [3.8, 4) is 10.4 Å². The molecule has 2 fully saturated rings. The molecule has 1 atom stereocenters. The van der Waals surface area contributed by atoms with Crippen LogP contribution in [0.4, 0.5) is 0 Å². The summed E-state index contributed by atoms with van der Waals surface area (Å²) in [6.07, 6.45) is 5.13. The van der Waals surface area contributed by atoms with Gasteiger partial charge in [-0.3, -0.25) is 9.59 Å². The summed E-state index contributed by atoms with van der Waals surface area (Å²) < 4.78 is 0. The molecule has 2 heterocycles. The number of nitrogens with zero attached hydrogens (tertiary/aromatic N) is 2. The van der Waals surface area contributed by atoms with Crippen molar-refractivity contribution >= 4 is 34.8 Å². The number of carbonyl (C=O) groups is 2. The number of rotatable bonds is 6. The Kier molecular flexibility index (Phi) is 6.70. The Morgan fingerprint density at radius 3 is 2.71 bits per heavy atom. The molecule has 7 heteroatoms. The zero-order chi connectivity index (χ0) is 23.7. The maximum absolute atomic E-state index is 13.8. The van der Waals surface area contributed by atoms with Gasteiger partial charge in [-0.15, -0.1) is 11.3 Å². The van der Waals surface area contributed by atoms with E-state index < -0.39 is 0 Å². The standard InChI is InChI=1S/C27H28ClN3O2S/c1-17-6-4-8-20(14-17)25(32)29-16-22-10-2-3-13-31(22)27(33)23-24(19-7-5-9-21(28)15-19)34-26(30-23)18-11-12-18/h4-9,14-15,18,22H,2-3,10-13,16H2,1H3,(H,29,32). The van der Waals surface area contributed by atoms with Crippen LogP contribution in [-0.4, -0.2) is 40.8 Å². The largest absolute Gasteiger partial charge is 0.350 e. The van der Waals surface area contributed by atoms with E-state index in [1.807, 2.05) is 60.4 Å². The minimum Gasteiger partial charge on any atom is -0.350 e. The Morgan fingerprint density at radius 1 is 1.12 bits per heavy atom. The molecular formula is C27H28ClN3O2S. The summed E-state index contributed by atoms with van der Waals surface area (Å²) in [5.74, 6) is 0.314. The van der Waals surface area contributed by atoms with Gasteiger partial charge in [0.15, 0.2) is 0 Å². The summed E-state index contributed by atoms with van der Waals surface area (Å²) in [6.45, 7) is 3.08. The Labute approximate surface area is 209 Å². The predicted molar refractivity (Wildman–Crippen MR) is 137 cm³/mol. The highest BCUT2D eigenvalue weighted by atomic mass is 35.5. The smallest absolute Gasteiger partial charge is 0.274 e. The first-order valence-electron chi connectivity index (χ1n) is 11.9. The van der Waals surface area contributed by atoms with Crippen LogP contribution in [0.3, 0.4) is 0 Å². The summed E-state index contributed by atoms with van der Waals surface area (Å²) >= 11 is 7.88. The summed E-state index contributed by atoms with van der Waals surface area (Å²) in [5, 5.41) is 4.74. The number of hydrogen-bond acceptors (Lipinski definition) is 4. The molecule has 5 nitrogen and oxygen atoms in total. The van der Waals surface area contributed by atoms with E-state index in [0.29, 0.717) is 35.3 Å². The van der Waals surface area contributed by atoms with E-state index in [0.717, 1.165) is 53.1 Å². The lowest BCUT2D eigenvalue weighted by Gasteiger charge is -2.35. The average molecular weight is 494 g/mol. The van der Waals surface area contributed by atoms with E-state index in [1.165, 1.54) is 0 Å². The first kappa shape index (κ1) is 23.1. The molecule has 0 bridgehead atoms. The number of benzene rings is 2. The third kappa shape index (κ3) is 5.03. The lowest BCUT2D eigenvalue weighted by Crippen LogP contribution is -2.49. The maximum atomic E-state index is 13.8. The second-order valence-electron chi connectivity index (χ2n) is 9.24. The van der Waals surface area contributed by atoms with Gasteiger partial charge in [-0.05, 0) is 68.9 Å². The number of thiazole rings is 1. The summed E-state index contributed by atoms with van der Waals surface area (Å²) in [6, 6.07) is 15.1. The van der Waals surface area contributed by atoms with E-state index in [2.05, 4.69) is 5.32 Å². The molecule has 0 spiro atoms. The second kappa shape index (κ2) is 9.88. The summed E-state index contributed by atoms with van der Waals surface area (Å²) in [4.78, 5) is 34.2. The molecule has 176 valence electrons. The molecule has 34 heavy (non-hydrogen) atoms. The number of hydrogen-bond donors (Lipinski definition) is 1. The van der Waals surface area contributed by atoms with Gasteiger partial charge in [-0.25, -0.2) is 4.98 Å². The van der Waals surface area contributed by atoms with Crippen LogP contribution in [0.5, 0.6) is 0 Å². The van der Waals surface area contributed by atoms with Gasteiger partial charge in [0, 0.05) is 35.6 Å². The summed E-state index contributed by atoms with van der Waals surface area (Å²) in [5.41, 5.74) is 3.14. The molecule has 1 aliphatic carbocycles. The zero-order valence-electron chi connectivity index (χ0n) is 19.2. The first-order valence-corrected chi connectivity index (χ1v) is 13.1.